The maximum absolute atomic E-state index is 13.3. The molecule has 32 heavy (non-hydrogen) atoms. The van der Waals surface area contributed by atoms with Gasteiger partial charge in [-0.05, 0) is 60.5 Å². The molecular weight excluding hydrogens is 431 g/mol. The first-order valence-electron chi connectivity index (χ1n) is 10.1. The van der Waals surface area contributed by atoms with Crippen LogP contribution in [0.1, 0.15) is 24.9 Å². The van der Waals surface area contributed by atoms with E-state index in [1.165, 1.54) is 12.1 Å². The molecule has 0 aliphatic carbocycles. The van der Waals surface area contributed by atoms with E-state index in [2.05, 4.69) is 5.32 Å². The molecule has 6 nitrogen and oxygen atoms in total. The number of nitrogens with one attached hydrogen (secondary N) is 1. The number of carbonyl (C=O) groups is 1. The van der Waals surface area contributed by atoms with E-state index in [0.717, 1.165) is 22.0 Å². The Kier molecular flexibility index (Phi) is 7.48. The van der Waals surface area contributed by atoms with Crippen LogP contribution in [-0.4, -0.2) is 28.0 Å². The predicted octanol–water partition coefficient (Wildman–Crippen LogP) is 4.30. The maximum Gasteiger partial charge on any atom is 0.264 e. The standard InChI is InChI=1S/C24H25FN2O4S/c1-3-23(18-9-13-21(31-2)14-10-18)26-24(28)17-27(20-7-5-4-6-8-20)32(29,30)22-15-11-19(25)12-16-22/h4-16,23H,3,17H2,1-2H3,(H,26,28)/t23-/m0/s1. The normalized spacial score (nSPS) is 12.1. The van der Waals surface area contributed by atoms with Gasteiger partial charge in [0.15, 0.2) is 0 Å². The number of nitrogens with zero attached hydrogens (tertiary/aromatic N) is 1. The van der Waals surface area contributed by atoms with Gasteiger partial charge in [0.05, 0.1) is 23.7 Å². The summed E-state index contributed by atoms with van der Waals surface area (Å²) >= 11 is 0. The van der Waals surface area contributed by atoms with Crippen molar-refractivity contribution in [2.24, 2.45) is 0 Å². The first kappa shape index (κ1) is 23.3. The lowest BCUT2D eigenvalue weighted by Gasteiger charge is -2.25. The Morgan fingerprint density at radius 1 is 1.00 bits per heavy atom. The lowest BCUT2D eigenvalue weighted by atomic mass is 10.0. The van der Waals surface area contributed by atoms with Crippen LogP contribution in [0.2, 0.25) is 0 Å². The molecule has 0 unspecified atom stereocenters. The van der Waals surface area contributed by atoms with E-state index >= 15 is 0 Å². The fourth-order valence-electron chi connectivity index (χ4n) is 3.27. The van der Waals surface area contributed by atoms with Crippen LogP contribution in [0, 0.1) is 5.82 Å². The molecule has 0 heterocycles. The number of halogens is 1. The van der Waals surface area contributed by atoms with E-state index in [9.17, 15) is 17.6 Å². The summed E-state index contributed by atoms with van der Waals surface area (Å²) in [5, 5.41) is 2.91. The highest BCUT2D eigenvalue weighted by Crippen LogP contribution is 2.24. The lowest BCUT2D eigenvalue weighted by Crippen LogP contribution is -2.42. The third-order valence-electron chi connectivity index (χ3n) is 4.99. The number of benzene rings is 3. The third kappa shape index (κ3) is 5.45. The SMILES string of the molecule is CC[C@H](NC(=O)CN(c1ccccc1)S(=O)(=O)c1ccc(F)cc1)c1ccc(OC)cc1. The predicted molar refractivity (Wildman–Crippen MR) is 122 cm³/mol. The smallest absolute Gasteiger partial charge is 0.264 e. The zero-order valence-corrected chi connectivity index (χ0v) is 18.7. The summed E-state index contributed by atoms with van der Waals surface area (Å²) < 4.78 is 46.1. The number of anilines is 1. The van der Waals surface area contributed by atoms with Crippen molar-refractivity contribution < 1.29 is 22.3 Å². The molecule has 0 spiro atoms. The summed E-state index contributed by atoms with van der Waals surface area (Å²) in [6.45, 7) is 1.51. The minimum Gasteiger partial charge on any atom is -0.497 e. The van der Waals surface area contributed by atoms with Crippen LogP contribution in [0.3, 0.4) is 0 Å². The van der Waals surface area contributed by atoms with Crippen molar-refractivity contribution in [2.75, 3.05) is 18.0 Å². The number of hydrogen-bond donors (Lipinski definition) is 1. The summed E-state index contributed by atoms with van der Waals surface area (Å²) in [4.78, 5) is 12.8. The summed E-state index contributed by atoms with van der Waals surface area (Å²) in [6.07, 6.45) is 0.619. The average Bonchev–Trinajstić information content (AvgIpc) is 2.82. The van der Waals surface area contributed by atoms with E-state index in [1.54, 1.807) is 49.6 Å². The molecule has 3 rings (SSSR count). The van der Waals surface area contributed by atoms with Gasteiger partial charge < -0.3 is 10.1 Å². The van der Waals surface area contributed by atoms with Crippen LogP contribution in [0.25, 0.3) is 0 Å². The van der Waals surface area contributed by atoms with Crippen molar-refractivity contribution in [1.29, 1.82) is 0 Å². The number of hydrogen-bond acceptors (Lipinski definition) is 4. The first-order valence-corrected chi connectivity index (χ1v) is 11.6. The summed E-state index contributed by atoms with van der Waals surface area (Å²) in [6, 6.07) is 19.9. The molecule has 0 saturated carbocycles. The van der Waals surface area contributed by atoms with Crippen molar-refractivity contribution >= 4 is 21.6 Å². The molecule has 3 aromatic rings. The second-order valence-corrected chi connectivity index (χ2v) is 8.96. The monoisotopic (exact) mass is 456 g/mol. The largest absolute Gasteiger partial charge is 0.497 e. The second-order valence-electron chi connectivity index (χ2n) is 7.10. The number of methoxy groups -OCH3 is 1. The molecular formula is C24H25FN2O4S. The highest BCUT2D eigenvalue weighted by atomic mass is 32.2. The molecule has 0 bridgehead atoms. The Morgan fingerprint density at radius 2 is 1.62 bits per heavy atom. The van der Waals surface area contributed by atoms with Crippen molar-refractivity contribution in [2.45, 2.75) is 24.3 Å². The number of sulfonamides is 1. The molecule has 1 amide bonds. The first-order chi connectivity index (χ1) is 15.3. The maximum atomic E-state index is 13.3. The third-order valence-corrected chi connectivity index (χ3v) is 6.78. The quantitative estimate of drug-likeness (QED) is 0.521. The van der Waals surface area contributed by atoms with E-state index in [1.807, 2.05) is 19.1 Å². The zero-order valence-electron chi connectivity index (χ0n) is 17.9. The van der Waals surface area contributed by atoms with Gasteiger partial charge in [0.1, 0.15) is 18.1 Å². The number of para-hydroxylation sites is 1. The van der Waals surface area contributed by atoms with Crippen molar-refractivity contribution in [1.82, 2.24) is 5.32 Å². The van der Waals surface area contributed by atoms with Crippen LogP contribution in [-0.2, 0) is 14.8 Å². The molecule has 0 aromatic heterocycles. The van der Waals surface area contributed by atoms with E-state index in [4.69, 9.17) is 4.74 Å². The van der Waals surface area contributed by atoms with Gasteiger partial charge in [-0.1, -0.05) is 37.3 Å². The Labute approximate surface area is 187 Å². The molecule has 1 atom stereocenters. The number of ether oxygens (including phenoxy) is 1. The molecule has 3 aromatic carbocycles. The highest BCUT2D eigenvalue weighted by Gasteiger charge is 2.28. The van der Waals surface area contributed by atoms with Gasteiger partial charge in [0.25, 0.3) is 10.0 Å². The minimum atomic E-state index is -4.09. The molecule has 0 radical (unpaired) electrons. The van der Waals surface area contributed by atoms with Crippen molar-refractivity contribution in [3.8, 4) is 5.75 Å². The Bertz CT molecular complexity index is 1130. The molecule has 8 heteroatoms. The number of amides is 1. The van der Waals surface area contributed by atoms with Gasteiger partial charge in [-0.25, -0.2) is 12.8 Å². The number of rotatable bonds is 9. The zero-order chi connectivity index (χ0) is 23.1. The van der Waals surface area contributed by atoms with Gasteiger partial charge in [0.2, 0.25) is 5.91 Å². The molecule has 0 fully saturated rings. The van der Waals surface area contributed by atoms with Crippen LogP contribution < -0.4 is 14.4 Å². The van der Waals surface area contributed by atoms with Crippen LogP contribution in [0.4, 0.5) is 10.1 Å². The van der Waals surface area contributed by atoms with Crippen LogP contribution in [0.5, 0.6) is 5.75 Å². The molecule has 0 saturated heterocycles. The van der Waals surface area contributed by atoms with Gasteiger partial charge >= 0.3 is 0 Å². The van der Waals surface area contributed by atoms with Crippen LogP contribution >= 0.6 is 0 Å². The Hall–Kier alpha value is -3.39. The molecule has 0 aliphatic rings. The fraction of sp³-hybridized carbons (Fsp3) is 0.208. The number of carbonyl (C=O) groups excluding carboxylic acids is 1. The van der Waals surface area contributed by atoms with E-state index in [-0.39, 0.29) is 10.9 Å². The average molecular weight is 457 g/mol. The molecule has 168 valence electrons. The van der Waals surface area contributed by atoms with E-state index in [0.29, 0.717) is 17.9 Å². The van der Waals surface area contributed by atoms with E-state index < -0.39 is 28.3 Å². The summed E-state index contributed by atoms with van der Waals surface area (Å²) in [5.41, 5.74) is 1.22. The highest BCUT2D eigenvalue weighted by molar-refractivity contribution is 7.92. The summed E-state index contributed by atoms with van der Waals surface area (Å²) in [5.74, 6) is -0.295. The van der Waals surface area contributed by atoms with Crippen molar-refractivity contribution in [3.63, 3.8) is 0 Å². The molecule has 1 N–H and O–H groups in total. The van der Waals surface area contributed by atoms with Gasteiger partial charge in [-0.15, -0.1) is 0 Å². The fourth-order valence-corrected chi connectivity index (χ4v) is 4.69. The Balaban J connectivity index is 1.85. The lowest BCUT2D eigenvalue weighted by molar-refractivity contribution is -0.120. The summed E-state index contributed by atoms with van der Waals surface area (Å²) in [7, 11) is -2.52. The van der Waals surface area contributed by atoms with Crippen molar-refractivity contribution in [3.05, 3.63) is 90.2 Å². The van der Waals surface area contributed by atoms with Gasteiger partial charge in [0, 0.05) is 0 Å². The Morgan fingerprint density at radius 3 is 2.19 bits per heavy atom. The second kappa shape index (κ2) is 10.3. The topological polar surface area (TPSA) is 75.7 Å². The van der Waals surface area contributed by atoms with Gasteiger partial charge in [-0.2, -0.15) is 0 Å². The van der Waals surface area contributed by atoms with Gasteiger partial charge in [-0.3, -0.25) is 9.10 Å². The minimum absolute atomic E-state index is 0.0993. The molecule has 0 aliphatic heterocycles. The van der Waals surface area contributed by atoms with Crippen LogP contribution in [0.15, 0.2) is 83.8 Å².